The molecular weight excluding hydrogens is 394 g/mol. The van der Waals surface area contributed by atoms with Crippen molar-refractivity contribution in [2.45, 2.75) is 18.6 Å². The molecule has 7 nitrogen and oxygen atoms in total. The Bertz CT molecular complexity index is 1110. The van der Waals surface area contributed by atoms with Gasteiger partial charge < -0.3 is 9.73 Å². The summed E-state index contributed by atoms with van der Waals surface area (Å²) < 4.78 is 8.32. The molecule has 0 spiro atoms. The minimum atomic E-state index is -0.141. The van der Waals surface area contributed by atoms with Gasteiger partial charge in [0.15, 0.2) is 16.1 Å². The van der Waals surface area contributed by atoms with Gasteiger partial charge in [0.05, 0.1) is 27.8 Å². The monoisotopic (exact) mass is 411 g/mol. The van der Waals surface area contributed by atoms with Crippen LogP contribution in [0.1, 0.15) is 5.76 Å². The first kappa shape index (κ1) is 18.5. The average Bonchev–Trinajstić information content (AvgIpc) is 3.38. The fourth-order valence-electron chi connectivity index (χ4n) is 2.72. The topological polar surface area (TPSA) is 85.8 Å². The Hall–Kier alpha value is -2.91. The Balaban J connectivity index is 1.46. The summed E-state index contributed by atoms with van der Waals surface area (Å²) in [4.78, 5) is 16.8. The van der Waals surface area contributed by atoms with Gasteiger partial charge >= 0.3 is 0 Å². The molecule has 0 atom stereocenters. The second kappa shape index (κ2) is 7.99. The van der Waals surface area contributed by atoms with Crippen molar-refractivity contribution in [2.24, 2.45) is 0 Å². The Morgan fingerprint density at radius 2 is 2.21 bits per heavy atom. The Kier molecular flexibility index (Phi) is 5.27. The number of nitrogens with zero attached hydrogens (tertiary/aromatic N) is 4. The minimum Gasteiger partial charge on any atom is -0.469 e. The van der Waals surface area contributed by atoms with Crippen LogP contribution in [0.15, 0.2) is 58.8 Å². The van der Waals surface area contributed by atoms with Gasteiger partial charge in [-0.05, 0) is 25.1 Å². The molecule has 1 amide bonds. The van der Waals surface area contributed by atoms with Crippen molar-refractivity contribution in [3.63, 3.8) is 0 Å². The smallest absolute Gasteiger partial charge is 0.236 e. The van der Waals surface area contributed by atoms with Gasteiger partial charge in [0.2, 0.25) is 5.91 Å². The number of anilines is 1. The lowest BCUT2D eigenvalue weighted by Crippen LogP contribution is -2.14. The van der Waals surface area contributed by atoms with Gasteiger partial charge in [-0.3, -0.25) is 9.36 Å². The first-order chi connectivity index (χ1) is 13.7. The number of aromatic nitrogens is 4. The number of aryl methyl sites for hydroxylation is 1. The molecule has 0 saturated heterocycles. The number of benzene rings is 1. The number of thioether (sulfide) groups is 1. The lowest BCUT2D eigenvalue weighted by Gasteiger charge is -2.07. The van der Waals surface area contributed by atoms with Crippen LogP contribution in [-0.4, -0.2) is 31.4 Å². The minimum absolute atomic E-state index is 0.141. The van der Waals surface area contributed by atoms with Crippen LogP contribution < -0.4 is 5.32 Å². The summed E-state index contributed by atoms with van der Waals surface area (Å²) in [5.74, 6) is 1.52. The molecule has 0 unspecified atom stereocenters. The molecule has 0 fully saturated rings. The number of furan rings is 1. The number of para-hydroxylation sites is 1. The number of nitrogens with one attached hydrogen (secondary N) is 1. The quantitative estimate of drug-likeness (QED) is 0.359. The predicted octanol–water partition coefficient (Wildman–Crippen LogP) is 4.37. The van der Waals surface area contributed by atoms with E-state index >= 15 is 0 Å². The molecule has 0 saturated carbocycles. The molecule has 0 aliphatic carbocycles. The van der Waals surface area contributed by atoms with Crippen LogP contribution in [0.4, 0.5) is 5.13 Å². The van der Waals surface area contributed by atoms with Crippen molar-refractivity contribution in [2.75, 3.05) is 11.1 Å². The lowest BCUT2D eigenvalue weighted by molar-refractivity contribution is -0.113. The zero-order chi connectivity index (χ0) is 19.5. The molecule has 28 heavy (non-hydrogen) atoms. The van der Waals surface area contributed by atoms with Crippen LogP contribution in [0.25, 0.3) is 21.6 Å². The summed E-state index contributed by atoms with van der Waals surface area (Å²) in [5, 5.41) is 12.6. The van der Waals surface area contributed by atoms with E-state index < -0.39 is 0 Å². The van der Waals surface area contributed by atoms with E-state index in [2.05, 4.69) is 27.1 Å². The number of carbonyl (C=O) groups excluding carboxylic acids is 1. The van der Waals surface area contributed by atoms with Crippen LogP contribution >= 0.6 is 23.1 Å². The fourth-order valence-corrected chi connectivity index (χ4v) is 4.35. The van der Waals surface area contributed by atoms with Crippen LogP contribution in [0.2, 0.25) is 0 Å². The van der Waals surface area contributed by atoms with E-state index in [-0.39, 0.29) is 11.7 Å². The third-order valence-electron chi connectivity index (χ3n) is 4.00. The van der Waals surface area contributed by atoms with Crippen molar-refractivity contribution in [1.82, 2.24) is 19.7 Å². The third kappa shape index (κ3) is 3.71. The highest BCUT2D eigenvalue weighted by Crippen LogP contribution is 2.28. The molecule has 0 aliphatic rings. The molecule has 0 aliphatic heterocycles. The van der Waals surface area contributed by atoms with Crippen molar-refractivity contribution in [3.05, 3.63) is 55.0 Å². The summed E-state index contributed by atoms with van der Waals surface area (Å²) in [6, 6.07) is 9.64. The van der Waals surface area contributed by atoms with Crippen molar-refractivity contribution in [3.8, 4) is 11.4 Å². The highest BCUT2D eigenvalue weighted by Gasteiger charge is 2.18. The number of hydrogen-bond donors (Lipinski definition) is 1. The van der Waals surface area contributed by atoms with Crippen molar-refractivity contribution < 1.29 is 9.21 Å². The second-order valence-corrected chi connectivity index (χ2v) is 7.89. The zero-order valence-corrected chi connectivity index (χ0v) is 16.7. The van der Waals surface area contributed by atoms with E-state index in [9.17, 15) is 4.79 Å². The third-order valence-corrected chi connectivity index (χ3v) is 5.92. The van der Waals surface area contributed by atoms with E-state index in [4.69, 9.17) is 4.42 Å². The van der Waals surface area contributed by atoms with Gasteiger partial charge in [-0.1, -0.05) is 41.3 Å². The average molecular weight is 412 g/mol. The SMILES string of the molecule is C=CCn1c(SCC(=O)Nc2nc3ccccc3s2)nnc1-c1ccoc1C. The molecule has 1 aromatic carbocycles. The van der Waals surface area contributed by atoms with Crippen LogP contribution in [0, 0.1) is 6.92 Å². The van der Waals surface area contributed by atoms with Gasteiger partial charge in [-0.25, -0.2) is 4.98 Å². The largest absolute Gasteiger partial charge is 0.469 e. The van der Waals surface area contributed by atoms with E-state index in [1.165, 1.54) is 23.1 Å². The highest BCUT2D eigenvalue weighted by molar-refractivity contribution is 7.99. The number of carbonyl (C=O) groups is 1. The summed E-state index contributed by atoms with van der Waals surface area (Å²) in [7, 11) is 0. The van der Waals surface area contributed by atoms with Gasteiger partial charge in [-0.15, -0.1) is 16.8 Å². The lowest BCUT2D eigenvalue weighted by atomic mass is 10.2. The molecule has 142 valence electrons. The Morgan fingerprint density at radius 3 is 2.96 bits per heavy atom. The van der Waals surface area contributed by atoms with E-state index in [1.807, 2.05) is 41.8 Å². The molecule has 4 aromatic rings. The Morgan fingerprint density at radius 1 is 1.36 bits per heavy atom. The Labute approximate surface area is 169 Å². The molecule has 0 bridgehead atoms. The summed E-state index contributed by atoms with van der Waals surface area (Å²) >= 11 is 2.77. The first-order valence-electron chi connectivity index (χ1n) is 8.52. The van der Waals surface area contributed by atoms with E-state index in [0.717, 1.165) is 21.5 Å². The standard InChI is InChI=1S/C19H17N5O2S2/c1-3-9-24-17(13-8-10-26-12(13)2)22-23-19(24)27-11-16(25)21-18-20-14-6-4-5-7-15(14)28-18/h3-8,10H,1,9,11H2,2H3,(H,20,21,25). The number of amides is 1. The van der Waals surface area contributed by atoms with Crippen LogP contribution in [0.5, 0.6) is 0 Å². The maximum atomic E-state index is 12.4. The number of allylic oxidation sites excluding steroid dienone is 1. The summed E-state index contributed by atoms with van der Waals surface area (Å²) in [5.41, 5.74) is 1.75. The van der Waals surface area contributed by atoms with Crippen LogP contribution in [0.3, 0.4) is 0 Å². The molecule has 0 radical (unpaired) electrons. The predicted molar refractivity (Wildman–Crippen MR) is 112 cm³/mol. The van der Waals surface area contributed by atoms with Gasteiger partial charge in [0.1, 0.15) is 5.76 Å². The van der Waals surface area contributed by atoms with Gasteiger partial charge in [0, 0.05) is 6.54 Å². The molecule has 3 heterocycles. The van der Waals surface area contributed by atoms with E-state index in [0.29, 0.717) is 22.7 Å². The first-order valence-corrected chi connectivity index (χ1v) is 10.3. The van der Waals surface area contributed by atoms with Gasteiger partial charge in [0.25, 0.3) is 0 Å². The molecule has 1 N–H and O–H groups in total. The molecular formula is C19H17N5O2S2. The van der Waals surface area contributed by atoms with Crippen molar-refractivity contribution >= 4 is 44.4 Å². The van der Waals surface area contributed by atoms with E-state index in [1.54, 1.807) is 12.3 Å². The number of thiazole rings is 1. The normalized spacial score (nSPS) is 11.0. The number of rotatable bonds is 7. The van der Waals surface area contributed by atoms with Crippen molar-refractivity contribution in [1.29, 1.82) is 0 Å². The highest BCUT2D eigenvalue weighted by atomic mass is 32.2. The summed E-state index contributed by atoms with van der Waals surface area (Å²) in [6.45, 7) is 6.21. The zero-order valence-electron chi connectivity index (χ0n) is 15.1. The molecule has 3 aromatic heterocycles. The van der Waals surface area contributed by atoms with Crippen LogP contribution in [-0.2, 0) is 11.3 Å². The number of fused-ring (bicyclic) bond motifs is 1. The second-order valence-electron chi connectivity index (χ2n) is 5.92. The molecule has 4 rings (SSSR count). The maximum absolute atomic E-state index is 12.4. The maximum Gasteiger partial charge on any atom is 0.236 e. The summed E-state index contributed by atoms with van der Waals surface area (Å²) in [6.07, 6.45) is 3.39. The fraction of sp³-hybridized carbons (Fsp3) is 0.158. The van der Waals surface area contributed by atoms with Gasteiger partial charge in [-0.2, -0.15) is 0 Å². The molecule has 9 heteroatoms. The number of hydrogen-bond acceptors (Lipinski definition) is 7.